The van der Waals surface area contributed by atoms with Crippen molar-refractivity contribution in [1.82, 2.24) is 0 Å². The molecular formula is C16H32O12. The molecule has 0 aromatic heterocycles. The van der Waals surface area contributed by atoms with E-state index in [-0.39, 0.29) is 0 Å². The Kier molecular flexibility index (Phi) is 27.4. The Balaban J connectivity index is -0.000000144. The van der Waals surface area contributed by atoms with Crippen LogP contribution in [-0.4, -0.2) is 93.3 Å². The van der Waals surface area contributed by atoms with Gasteiger partial charge >= 0.3 is 11.9 Å². The van der Waals surface area contributed by atoms with Gasteiger partial charge in [0.2, 0.25) is 5.78 Å². The van der Waals surface area contributed by atoms with Gasteiger partial charge in [0.25, 0.3) is 18.7 Å². The first-order chi connectivity index (χ1) is 13.0. The van der Waals surface area contributed by atoms with Crippen LogP contribution in [0.1, 0.15) is 13.8 Å². The molecule has 168 valence electrons. The van der Waals surface area contributed by atoms with Crippen molar-refractivity contribution in [1.29, 1.82) is 0 Å². The van der Waals surface area contributed by atoms with Gasteiger partial charge in [-0.3, -0.25) is 9.59 Å². The number of esters is 2. The quantitative estimate of drug-likeness (QED) is 0.172. The van der Waals surface area contributed by atoms with Crippen molar-refractivity contribution in [2.24, 2.45) is 0 Å². The third-order valence-corrected chi connectivity index (χ3v) is 2.48. The molecule has 0 heterocycles. The van der Waals surface area contributed by atoms with Crippen LogP contribution in [0.2, 0.25) is 0 Å². The summed E-state index contributed by atoms with van der Waals surface area (Å²) in [6, 6.07) is 0. The van der Waals surface area contributed by atoms with Crippen molar-refractivity contribution in [2.45, 2.75) is 26.1 Å². The average molecular weight is 416 g/mol. The Morgan fingerprint density at radius 2 is 1.14 bits per heavy atom. The number of carbonyl (C=O) groups is 4. The summed E-state index contributed by atoms with van der Waals surface area (Å²) in [4.78, 5) is 39.6. The molecule has 0 saturated carbocycles. The predicted molar refractivity (Wildman–Crippen MR) is 95.0 cm³/mol. The average Bonchev–Trinajstić information content (AvgIpc) is 2.74. The van der Waals surface area contributed by atoms with Crippen molar-refractivity contribution in [2.75, 3.05) is 56.9 Å². The van der Waals surface area contributed by atoms with Crippen LogP contribution in [-0.2, 0) is 57.1 Å². The lowest BCUT2D eigenvalue weighted by molar-refractivity contribution is -0.252. The molecule has 0 aromatic carbocycles. The first-order valence-corrected chi connectivity index (χ1v) is 7.37. The second-order valence-electron chi connectivity index (χ2n) is 4.22. The summed E-state index contributed by atoms with van der Waals surface area (Å²) in [5.41, 5.74) is 0. The van der Waals surface area contributed by atoms with E-state index in [1.54, 1.807) is 0 Å². The van der Waals surface area contributed by atoms with Gasteiger partial charge in [0.1, 0.15) is 0 Å². The zero-order valence-electron chi connectivity index (χ0n) is 18.1. The molecule has 0 N–H and O–H groups in total. The second kappa shape index (κ2) is 22.9. The topological polar surface area (TPSA) is 142 Å². The van der Waals surface area contributed by atoms with E-state index < -0.39 is 30.0 Å². The largest absolute Gasteiger partial charge is 0.471 e. The van der Waals surface area contributed by atoms with E-state index in [9.17, 15) is 14.4 Å². The molecule has 12 nitrogen and oxygen atoms in total. The Labute approximate surface area is 165 Å². The van der Waals surface area contributed by atoms with Crippen LogP contribution in [0.5, 0.6) is 0 Å². The highest BCUT2D eigenvalue weighted by molar-refractivity contribution is 6.32. The van der Waals surface area contributed by atoms with Crippen LogP contribution in [0.4, 0.5) is 0 Å². The number of hydrogen-bond acceptors (Lipinski definition) is 12. The summed E-state index contributed by atoms with van der Waals surface area (Å²) in [5.74, 6) is -3.17. The Hall–Kier alpha value is -2.12. The number of ether oxygens (including phenoxy) is 8. The van der Waals surface area contributed by atoms with E-state index >= 15 is 0 Å². The molecule has 0 aliphatic rings. The fourth-order valence-electron chi connectivity index (χ4n) is 0.868. The zero-order valence-corrected chi connectivity index (χ0v) is 18.1. The molecule has 0 saturated heterocycles. The number of ketones is 1. The molecule has 0 aliphatic heterocycles. The maximum atomic E-state index is 10.8. The number of methoxy groups -OCH3 is 8. The SMILES string of the molecule is COC(=O)C(C)(OC)OC.COC(=O)C(C)=O.COC(OC)OC.COC=O. The number of Topliss-reactive ketones (excluding diaryl/α,β-unsaturated/α-hetero) is 1. The third kappa shape index (κ3) is 20.2. The van der Waals surface area contributed by atoms with Gasteiger partial charge in [0.15, 0.2) is 0 Å². The van der Waals surface area contributed by atoms with Crippen LogP contribution < -0.4 is 0 Å². The fraction of sp³-hybridized carbons (Fsp3) is 0.750. The smallest absolute Gasteiger partial charge is 0.374 e. The highest BCUT2D eigenvalue weighted by atomic mass is 16.8. The molecule has 0 amide bonds. The van der Waals surface area contributed by atoms with E-state index in [0.29, 0.717) is 6.47 Å². The van der Waals surface area contributed by atoms with Gasteiger partial charge in [0.05, 0.1) is 21.3 Å². The normalized spacial score (nSPS) is 9.25. The zero-order chi connectivity index (χ0) is 23.2. The van der Waals surface area contributed by atoms with Crippen molar-refractivity contribution in [3.8, 4) is 0 Å². The molecule has 12 heteroatoms. The third-order valence-electron chi connectivity index (χ3n) is 2.48. The molecule has 0 fully saturated rings. The molecule has 0 bridgehead atoms. The lowest BCUT2D eigenvalue weighted by atomic mass is 10.3. The lowest BCUT2D eigenvalue weighted by Gasteiger charge is -2.22. The van der Waals surface area contributed by atoms with Gasteiger partial charge in [-0.1, -0.05) is 0 Å². The van der Waals surface area contributed by atoms with Gasteiger partial charge in [-0.25, -0.2) is 9.59 Å². The van der Waals surface area contributed by atoms with Gasteiger partial charge in [-0.2, -0.15) is 0 Å². The second-order valence-corrected chi connectivity index (χ2v) is 4.22. The summed E-state index contributed by atoms with van der Waals surface area (Å²) in [7, 11) is 11.0. The molecular weight excluding hydrogens is 384 g/mol. The summed E-state index contributed by atoms with van der Waals surface area (Å²) in [6.45, 7) is 2.50. The summed E-state index contributed by atoms with van der Waals surface area (Å²) >= 11 is 0. The predicted octanol–water partition coefficient (Wildman–Crippen LogP) is -0.0848. The van der Waals surface area contributed by atoms with Gasteiger partial charge in [-0.05, 0) is 0 Å². The molecule has 0 rings (SSSR count). The lowest BCUT2D eigenvalue weighted by Crippen LogP contribution is -2.40. The Morgan fingerprint density at radius 1 is 0.786 bits per heavy atom. The van der Waals surface area contributed by atoms with Crippen molar-refractivity contribution in [3.63, 3.8) is 0 Å². The minimum absolute atomic E-state index is 0.375. The maximum Gasteiger partial charge on any atom is 0.374 e. The van der Waals surface area contributed by atoms with Crippen LogP contribution in [0.15, 0.2) is 0 Å². The van der Waals surface area contributed by atoms with E-state index in [1.165, 1.54) is 63.8 Å². The van der Waals surface area contributed by atoms with E-state index in [2.05, 4.69) is 28.4 Å². The van der Waals surface area contributed by atoms with Gasteiger partial charge in [-0.15, -0.1) is 0 Å². The van der Waals surface area contributed by atoms with Gasteiger partial charge < -0.3 is 37.9 Å². The van der Waals surface area contributed by atoms with E-state index in [4.69, 9.17) is 14.3 Å². The summed E-state index contributed by atoms with van der Waals surface area (Å²) < 4.78 is 35.6. The van der Waals surface area contributed by atoms with Crippen LogP contribution in [0.25, 0.3) is 0 Å². The Morgan fingerprint density at radius 3 is 1.18 bits per heavy atom. The molecule has 0 unspecified atom stereocenters. The number of rotatable bonds is 8. The van der Waals surface area contributed by atoms with E-state index in [0.717, 1.165) is 6.92 Å². The maximum absolute atomic E-state index is 10.8. The summed E-state index contributed by atoms with van der Waals surface area (Å²) in [6.07, 6.45) is 0. The molecule has 0 atom stereocenters. The highest BCUT2D eigenvalue weighted by Gasteiger charge is 2.34. The molecule has 28 heavy (non-hydrogen) atoms. The summed E-state index contributed by atoms with van der Waals surface area (Å²) in [5, 5.41) is 0. The monoisotopic (exact) mass is 416 g/mol. The van der Waals surface area contributed by atoms with Crippen LogP contribution >= 0.6 is 0 Å². The van der Waals surface area contributed by atoms with Crippen molar-refractivity contribution < 1.29 is 57.1 Å². The van der Waals surface area contributed by atoms with Crippen molar-refractivity contribution >= 4 is 24.2 Å². The van der Waals surface area contributed by atoms with E-state index in [1.807, 2.05) is 0 Å². The molecule has 0 aliphatic carbocycles. The minimum Gasteiger partial charge on any atom is -0.471 e. The minimum atomic E-state index is -1.27. The standard InChI is InChI=1S/C6H12O4.C4H10O3.C4H6O3.C2H4O2/c1-6(9-3,10-4)5(7)8-2;1-5-4(6-2)7-3;1-3(5)4(6)7-2;1-4-2-3/h1-4H3;4H,1-3H3;1-2H3;2H,1H3. The van der Waals surface area contributed by atoms with Gasteiger partial charge in [0, 0.05) is 49.4 Å². The van der Waals surface area contributed by atoms with Crippen molar-refractivity contribution in [3.05, 3.63) is 0 Å². The molecule has 0 aromatic rings. The van der Waals surface area contributed by atoms with Crippen LogP contribution in [0, 0.1) is 0 Å². The number of carbonyl (C=O) groups excluding carboxylic acids is 4. The fourth-order valence-corrected chi connectivity index (χ4v) is 0.868. The highest BCUT2D eigenvalue weighted by Crippen LogP contribution is 2.10. The first kappa shape index (κ1) is 33.5. The number of hydrogen-bond donors (Lipinski definition) is 0. The molecule has 0 radical (unpaired) electrons. The first-order valence-electron chi connectivity index (χ1n) is 7.37. The van der Waals surface area contributed by atoms with Crippen LogP contribution in [0.3, 0.4) is 0 Å². The molecule has 0 spiro atoms. The Bertz CT molecular complexity index is 397.